The third-order valence-electron chi connectivity index (χ3n) is 8.48. The van der Waals surface area contributed by atoms with Crippen LogP contribution in [0.3, 0.4) is 0 Å². The number of fused-ring (bicyclic) bond motifs is 13. The maximum absolute atomic E-state index is 6.42. The van der Waals surface area contributed by atoms with Crippen LogP contribution in [0.4, 0.5) is 0 Å². The number of aromatic nitrogens is 4. The molecule has 10 rings (SSSR count). The molecular formula is C38H20N4OPdS. The van der Waals surface area contributed by atoms with E-state index >= 15 is 0 Å². The van der Waals surface area contributed by atoms with Gasteiger partial charge >= 0.3 is 20.4 Å². The number of rotatable bonds is 3. The summed E-state index contributed by atoms with van der Waals surface area (Å²) in [7, 11) is 0. The number of para-hydroxylation sites is 1. The van der Waals surface area contributed by atoms with Gasteiger partial charge in [-0.3, -0.25) is 4.98 Å². The minimum atomic E-state index is 0. The number of pyridine rings is 2. The molecular weight excluding hydrogens is 667 g/mol. The Hall–Kier alpha value is -5.06. The van der Waals surface area contributed by atoms with Crippen LogP contribution in [0.5, 0.6) is 11.5 Å². The van der Waals surface area contributed by atoms with Crippen LogP contribution >= 0.6 is 11.3 Å². The Morgan fingerprint density at radius 3 is 2.36 bits per heavy atom. The van der Waals surface area contributed by atoms with Crippen LogP contribution in [0.2, 0.25) is 0 Å². The first-order valence-corrected chi connectivity index (χ1v) is 15.2. The van der Waals surface area contributed by atoms with Crippen molar-refractivity contribution in [1.29, 1.82) is 0 Å². The maximum atomic E-state index is 6.42. The van der Waals surface area contributed by atoms with Gasteiger partial charge in [-0.15, -0.1) is 41.7 Å². The van der Waals surface area contributed by atoms with Gasteiger partial charge in [-0.05, 0) is 41.8 Å². The Morgan fingerprint density at radius 2 is 1.40 bits per heavy atom. The quantitative estimate of drug-likeness (QED) is 0.106. The second-order valence-electron chi connectivity index (χ2n) is 10.9. The largest absolute Gasteiger partial charge is 2.00 e. The monoisotopic (exact) mass is 686 g/mol. The van der Waals surface area contributed by atoms with E-state index < -0.39 is 0 Å². The molecule has 0 atom stereocenters. The standard InChI is InChI=1S/C38H20N4OS.Pd/c1-3-12-31-27(9-1)26-15-14-25(22-30(26)37-40-19-20-41(31)37)43-24-8-5-7-23(21-24)42-32-16-17-34-36(28-10-2-4-13-33(28)44-34)35(32)29-11-6-18-39-38(29)42;/h1-20H;/q-2;+2. The molecule has 0 amide bonds. The summed E-state index contributed by atoms with van der Waals surface area (Å²) >= 11 is 1.83. The summed E-state index contributed by atoms with van der Waals surface area (Å²) in [4.78, 5) is 9.50. The van der Waals surface area contributed by atoms with Crippen molar-refractivity contribution in [3.63, 3.8) is 0 Å². The van der Waals surface area contributed by atoms with Gasteiger partial charge in [0.15, 0.2) is 0 Å². The van der Waals surface area contributed by atoms with Crippen molar-refractivity contribution in [1.82, 2.24) is 18.9 Å². The molecule has 0 N–H and O–H groups in total. The number of hydrogen-bond donors (Lipinski definition) is 0. The molecule has 0 saturated carbocycles. The second kappa shape index (κ2) is 9.98. The van der Waals surface area contributed by atoms with E-state index in [0.717, 1.165) is 49.6 Å². The average molecular weight is 687 g/mol. The first-order chi connectivity index (χ1) is 21.8. The molecule has 0 fully saturated rings. The molecule has 0 radical (unpaired) electrons. The van der Waals surface area contributed by atoms with Gasteiger partial charge in [0.2, 0.25) is 0 Å². The maximum Gasteiger partial charge on any atom is 2.00 e. The van der Waals surface area contributed by atoms with Crippen molar-refractivity contribution in [2.45, 2.75) is 0 Å². The number of thiophene rings is 1. The van der Waals surface area contributed by atoms with Crippen LogP contribution in [0.15, 0.2) is 122 Å². The molecule has 214 valence electrons. The van der Waals surface area contributed by atoms with E-state index in [0.29, 0.717) is 11.5 Å². The Labute approximate surface area is 274 Å². The summed E-state index contributed by atoms with van der Waals surface area (Å²) < 4.78 is 13.3. The van der Waals surface area contributed by atoms with Crippen molar-refractivity contribution in [3.05, 3.63) is 134 Å². The van der Waals surface area contributed by atoms with Crippen molar-refractivity contribution >= 4 is 80.8 Å². The third-order valence-corrected chi connectivity index (χ3v) is 9.62. The number of ether oxygens (including phenoxy) is 1. The summed E-state index contributed by atoms with van der Waals surface area (Å²) in [5.74, 6) is 1.21. The average Bonchev–Trinajstić information content (AvgIpc) is 3.79. The van der Waals surface area contributed by atoms with Crippen molar-refractivity contribution in [2.75, 3.05) is 0 Å². The van der Waals surface area contributed by atoms with Crippen LogP contribution in [0, 0.1) is 12.1 Å². The molecule has 0 aliphatic rings. The molecule has 0 aliphatic carbocycles. The van der Waals surface area contributed by atoms with E-state index in [-0.39, 0.29) is 20.4 Å². The fraction of sp³-hybridized carbons (Fsp3) is 0. The van der Waals surface area contributed by atoms with Gasteiger partial charge in [-0.1, -0.05) is 58.9 Å². The van der Waals surface area contributed by atoms with E-state index in [2.05, 4.69) is 105 Å². The summed E-state index contributed by atoms with van der Waals surface area (Å²) in [5, 5.41) is 8.03. The predicted molar refractivity (Wildman–Crippen MR) is 179 cm³/mol. The zero-order valence-electron chi connectivity index (χ0n) is 23.5. The fourth-order valence-corrected chi connectivity index (χ4v) is 7.78. The van der Waals surface area contributed by atoms with E-state index in [1.807, 2.05) is 54.2 Å². The molecule has 5 aromatic heterocycles. The first kappa shape index (κ1) is 26.4. The SMILES string of the molecule is [Pd+2].[c-]1c(Oc2[c-]c3c(cc2)c2ccccc2n2ccnc32)cccc1-n1c2ccc3sc4ccccc4c3c2c2cccnc21. The van der Waals surface area contributed by atoms with Crippen LogP contribution in [0.1, 0.15) is 0 Å². The minimum absolute atomic E-state index is 0. The predicted octanol–water partition coefficient (Wildman–Crippen LogP) is 9.89. The third kappa shape index (κ3) is 3.82. The zero-order chi connectivity index (χ0) is 28.8. The molecule has 0 saturated heterocycles. The first-order valence-electron chi connectivity index (χ1n) is 14.4. The molecule has 5 nitrogen and oxygen atoms in total. The van der Waals surface area contributed by atoms with Crippen LogP contribution in [0.25, 0.3) is 75.1 Å². The van der Waals surface area contributed by atoms with Gasteiger partial charge in [0, 0.05) is 66.6 Å². The van der Waals surface area contributed by atoms with Crippen LogP contribution < -0.4 is 4.74 Å². The smallest absolute Gasteiger partial charge is 0.503 e. The normalized spacial score (nSPS) is 11.8. The Kier molecular flexibility index (Phi) is 5.85. The topological polar surface area (TPSA) is 44.4 Å². The van der Waals surface area contributed by atoms with Gasteiger partial charge in [0.05, 0.1) is 11.2 Å². The summed E-state index contributed by atoms with van der Waals surface area (Å²) in [6, 6.07) is 42.7. The Balaban J connectivity index is 0.00000281. The van der Waals surface area contributed by atoms with E-state index in [9.17, 15) is 0 Å². The van der Waals surface area contributed by atoms with Crippen LogP contribution in [-0.2, 0) is 20.4 Å². The molecule has 5 aromatic carbocycles. The summed E-state index contributed by atoms with van der Waals surface area (Å²) in [6.45, 7) is 0. The van der Waals surface area contributed by atoms with Gasteiger partial charge < -0.3 is 13.7 Å². The van der Waals surface area contributed by atoms with E-state index in [1.54, 1.807) is 0 Å². The molecule has 0 spiro atoms. The summed E-state index contributed by atoms with van der Waals surface area (Å²) in [6.07, 6.45) is 5.67. The minimum Gasteiger partial charge on any atom is -0.503 e. The molecule has 5 heterocycles. The zero-order valence-corrected chi connectivity index (χ0v) is 25.8. The number of benzene rings is 5. The van der Waals surface area contributed by atoms with Gasteiger partial charge in [0.1, 0.15) is 5.65 Å². The van der Waals surface area contributed by atoms with Gasteiger partial charge in [-0.25, -0.2) is 4.98 Å². The fourth-order valence-electron chi connectivity index (χ4n) is 6.67. The molecule has 10 aromatic rings. The molecule has 0 bridgehead atoms. The second-order valence-corrected chi connectivity index (χ2v) is 12.0. The van der Waals surface area contributed by atoms with Crippen molar-refractivity contribution < 1.29 is 25.2 Å². The molecule has 0 unspecified atom stereocenters. The van der Waals surface area contributed by atoms with Gasteiger partial charge in [0.25, 0.3) is 0 Å². The molecule has 45 heavy (non-hydrogen) atoms. The number of nitrogens with zero attached hydrogens (tertiary/aromatic N) is 4. The molecule has 0 aliphatic heterocycles. The Bertz CT molecular complexity index is 2780. The number of hydrogen-bond acceptors (Lipinski definition) is 4. The van der Waals surface area contributed by atoms with E-state index in [1.165, 1.54) is 25.6 Å². The summed E-state index contributed by atoms with van der Waals surface area (Å²) in [5.41, 5.74) is 4.81. The van der Waals surface area contributed by atoms with E-state index in [4.69, 9.17) is 9.72 Å². The molecule has 7 heteroatoms. The van der Waals surface area contributed by atoms with Crippen LogP contribution in [-0.4, -0.2) is 18.9 Å². The van der Waals surface area contributed by atoms with Crippen molar-refractivity contribution in [2.24, 2.45) is 0 Å². The van der Waals surface area contributed by atoms with Crippen molar-refractivity contribution in [3.8, 4) is 17.2 Å². The Morgan fingerprint density at radius 1 is 0.578 bits per heavy atom. The van der Waals surface area contributed by atoms with Gasteiger partial charge in [-0.2, -0.15) is 6.07 Å². The number of imidazole rings is 1.